The van der Waals surface area contributed by atoms with Crippen LogP contribution in [0, 0.1) is 5.92 Å². The lowest BCUT2D eigenvalue weighted by atomic mass is 9.85. The monoisotopic (exact) mass is 448 g/mol. The van der Waals surface area contributed by atoms with Crippen LogP contribution in [0.2, 0.25) is 0 Å². The molecule has 168 valence electrons. The largest absolute Gasteiger partial charge is 0.496 e. The summed E-state index contributed by atoms with van der Waals surface area (Å²) in [7, 11) is 1.11. The maximum absolute atomic E-state index is 13.9. The van der Waals surface area contributed by atoms with E-state index in [4.69, 9.17) is 4.74 Å². The molecule has 1 heterocycles. The molecule has 29 heavy (non-hydrogen) atoms. The van der Waals surface area contributed by atoms with Gasteiger partial charge >= 0.3 is 12.4 Å². The van der Waals surface area contributed by atoms with Crippen LogP contribution in [-0.4, -0.2) is 38.2 Å². The van der Waals surface area contributed by atoms with Crippen molar-refractivity contribution in [3.8, 4) is 5.75 Å². The average Bonchev–Trinajstić information content (AvgIpc) is 2.61. The van der Waals surface area contributed by atoms with Gasteiger partial charge in [-0.3, -0.25) is 4.90 Å². The van der Waals surface area contributed by atoms with E-state index in [1.807, 2.05) is 18.7 Å². The molecule has 1 aromatic carbocycles. The third-order valence-electron chi connectivity index (χ3n) is 5.12. The van der Waals surface area contributed by atoms with Gasteiger partial charge in [0.2, 0.25) is 0 Å². The highest BCUT2D eigenvalue weighted by Crippen LogP contribution is 2.47. The van der Waals surface area contributed by atoms with Crippen molar-refractivity contribution in [2.75, 3.05) is 33.3 Å². The number of nitrogens with zero attached hydrogens (tertiary/aromatic N) is 1. The fraction of sp³-hybridized carbons (Fsp3) is 0.684. The summed E-state index contributed by atoms with van der Waals surface area (Å²) in [6.45, 7) is 6.02. The number of ether oxygens (including phenoxy) is 1. The van der Waals surface area contributed by atoms with Gasteiger partial charge < -0.3 is 10.1 Å². The Bertz CT molecular complexity index is 659. The second-order valence-electron chi connectivity index (χ2n) is 7.13. The summed E-state index contributed by atoms with van der Waals surface area (Å²) >= 11 is 0. The highest BCUT2D eigenvalue weighted by Gasteiger charge is 2.43. The quantitative estimate of drug-likeness (QED) is 0.578. The Labute approximate surface area is 173 Å². The maximum atomic E-state index is 13.9. The first-order valence-electron chi connectivity index (χ1n) is 9.31. The van der Waals surface area contributed by atoms with Gasteiger partial charge in [-0.2, -0.15) is 26.3 Å². The Morgan fingerprint density at radius 3 is 2.10 bits per heavy atom. The fourth-order valence-corrected chi connectivity index (χ4v) is 3.90. The highest BCUT2D eigenvalue weighted by molar-refractivity contribution is 5.85. The minimum Gasteiger partial charge on any atom is -0.496 e. The second kappa shape index (κ2) is 10.2. The zero-order valence-electron chi connectivity index (χ0n) is 16.6. The van der Waals surface area contributed by atoms with Gasteiger partial charge in [0.05, 0.1) is 18.2 Å². The smallest absolute Gasteiger partial charge is 0.416 e. The molecule has 1 N–H and O–H groups in total. The predicted octanol–water partition coefficient (Wildman–Crippen LogP) is 5.54. The Morgan fingerprint density at radius 1 is 1.07 bits per heavy atom. The molecular weight excluding hydrogens is 422 g/mol. The van der Waals surface area contributed by atoms with Crippen molar-refractivity contribution in [2.24, 2.45) is 5.92 Å². The molecule has 3 nitrogen and oxygen atoms in total. The van der Waals surface area contributed by atoms with Crippen LogP contribution in [0.3, 0.4) is 0 Å². The van der Waals surface area contributed by atoms with Crippen LogP contribution in [-0.2, 0) is 12.4 Å². The number of rotatable bonds is 6. The molecule has 10 heteroatoms. The molecule has 1 aliphatic heterocycles. The zero-order valence-corrected chi connectivity index (χ0v) is 17.4. The van der Waals surface area contributed by atoms with Crippen molar-refractivity contribution < 1.29 is 31.1 Å². The molecule has 1 unspecified atom stereocenters. The first-order valence-corrected chi connectivity index (χ1v) is 9.31. The number of piperazine rings is 1. The summed E-state index contributed by atoms with van der Waals surface area (Å²) in [6.07, 6.45) is -8.42. The molecule has 0 bridgehead atoms. The van der Waals surface area contributed by atoms with Gasteiger partial charge in [0.1, 0.15) is 5.75 Å². The third kappa shape index (κ3) is 6.15. The van der Waals surface area contributed by atoms with Crippen molar-refractivity contribution in [3.05, 3.63) is 28.8 Å². The molecule has 0 spiro atoms. The standard InChI is InChI=1S/C19H26F6N2O.ClH/c1-4-5-12(2)17(27-8-6-26-7-9-27)16-14(19(23,24)25)10-13(18(20,21)22)11-15(16)28-3;/h10-12,17,26H,4-9H2,1-3H3;1H/t12?,17-;/m1./s1. The highest BCUT2D eigenvalue weighted by atomic mass is 35.5. The lowest BCUT2D eigenvalue weighted by Crippen LogP contribution is -2.47. The van der Waals surface area contributed by atoms with E-state index in [0.29, 0.717) is 38.7 Å². The number of hydrogen-bond acceptors (Lipinski definition) is 3. The van der Waals surface area contributed by atoms with E-state index in [-0.39, 0.29) is 35.7 Å². The SMILES string of the molecule is CCCC(C)[C@H](c1c(OC)cc(C(F)(F)F)cc1C(F)(F)F)N1CCNCC1.Cl. The summed E-state index contributed by atoms with van der Waals surface area (Å²) in [5.74, 6) is -0.552. The molecule has 1 aromatic rings. The van der Waals surface area contributed by atoms with Crippen LogP contribution in [0.15, 0.2) is 12.1 Å². The van der Waals surface area contributed by atoms with E-state index in [1.54, 1.807) is 0 Å². The summed E-state index contributed by atoms with van der Waals surface area (Å²) in [6, 6.07) is 0.209. The maximum Gasteiger partial charge on any atom is 0.416 e. The zero-order chi connectivity index (χ0) is 21.1. The normalized spacial score (nSPS) is 18.1. The van der Waals surface area contributed by atoms with Gasteiger partial charge in [-0.25, -0.2) is 0 Å². The fourth-order valence-electron chi connectivity index (χ4n) is 3.90. The number of methoxy groups -OCH3 is 1. The number of hydrogen-bond donors (Lipinski definition) is 1. The van der Waals surface area contributed by atoms with E-state index in [1.165, 1.54) is 0 Å². The first-order chi connectivity index (χ1) is 13.0. The van der Waals surface area contributed by atoms with E-state index >= 15 is 0 Å². The lowest BCUT2D eigenvalue weighted by molar-refractivity contribution is -0.144. The van der Waals surface area contributed by atoms with Gasteiger partial charge in [0, 0.05) is 37.8 Å². The minimum absolute atomic E-state index is 0. The summed E-state index contributed by atoms with van der Waals surface area (Å²) in [4.78, 5) is 1.91. The molecule has 0 aromatic heterocycles. The van der Waals surface area contributed by atoms with Crippen molar-refractivity contribution in [3.63, 3.8) is 0 Å². The van der Waals surface area contributed by atoms with Crippen LogP contribution in [0.25, 0.3) is 0 Å². The van der Waals surface area contributed by atoms with Crippen molar-refractivity contribution in [2.45, 2.75) is 45.1 Å². The number of alkyl halides is 6. The summed E-state index contributed by atoms with van der Waals surface area (Å²) in [5.41, 5.74) is -2.83. The average molecular weight is 449 g/mol. The van der Waals surface area contributed by atoms with Gasteiger partial charge in [-0.05, 0) is 24.5 Å². The van der Waals surface area contributed by atoms with Gasteiger partial charge in [-0.15, -0.1) is 12.4 Å². The van der Waals surface area contributed by atoms with Crippen molar-refractivity contribution in [1.82, 2.24) is 10.2 Å². The minimum atomic E-state index is -4.93. The molecule has 0 aliphatic carbocycles. The van der Waals surface area contributed by atoms with Crippen LogP contribution in [0.1, 0.15) is 49.4 Å². The molecule has 2 atom stereocenters. The van der Waals surface area contributed by atoms with Crippen LogP contribution in [0.5, 0.6) is 5.75 Å². The molecule has 1 aliphatic rings. The molecule has 1 saturated heterocycles. The second-order valence-corrected chi connectivity index (χ2v) is 7.13. The Morgan fingerprint density at radius 2 is 1.66 bits per heavy atom. The van der Waals surface area contributed by atoms with Crippen molar-refractivity contribution in [1.29, 1.82) is 0 Å². The van der Waals surface area contributed by atoms with E-state index < -0.39 is 29.5 Å². The Balaban J connectivity index is 0.00000420. The van der Waals surface area contributed by atoms with E-state index in [0.717, 1.165) is 13.5 Å². The van der Waals surface area contributed by atoms with E-state index in [2.05, 4.69) is 5.32 Å². The number of nitrogens with one attached hydrogen (secondary N) is 1. The first kappa shape index (κ1) is 25.8. The van der Waals surface area contributed by atoms with Crippen LogP contribution < -0.4 is 10.1 Å². The molecule has 0 radical (unpaired) electrons. The van der Waals surface area contributed by atoms with Gasteiger partial charge in [0.25, 0.3) is 0 Å². The van der Waals surface area contributed by atoms with Gasteiger partial charge in [-0.1, -0.05) is 20.3 Å². The molecule has 2 rings (SSSR count). The van der Waals surface area contributed by atoms with E-state index in [9.17, 15) is 26.3 Å². The molecule has 0 saturated carbocycles. The van der Waals surface area contributed by atoms with Crippen LogP contribution in [0.4, 0.5) is 26.3 Å². The number of benzene rings is 1. The summed E-state index contributed by atoms with van der Waals surface area (Å²) in [5, 5.41) is 3.15. The number of halogens is 7. The summed E-state index contributed by atoms with van der Waals surface area (Å²) < 4.78 is 86.2. The molecule has 0 amide bonds. The Hall–Kier alpha value is -1.19. The third-order valence-corrected chi connectivity index (χ3v) is 5.12. The predicted molar refractivity (Wildman–Crippen MR) is 102 cm³/mol. The molecule has 1 fully saturated rings. The molecular formula is C19H27ClF6N2O. The van der Waals surface area contributed by atoms with Crippen LogP contribution >= 0.6 is 12.4 Å². The van der Waals surface area contributed by atoms with Gasteiger partial charge in [0.15, 0.2) is 0 Å². The van der Waals surface area contributed by atoms with Crippen molar-refractivity contribution >= 4 is 12.4 Å². The Kier molecular flexibility index (Phi) is 9.11. The topological polar surface area (TPSA) is 24.5 Å². The lowest BCUT2D eigenvalue weighted by Gasteiger charge is -2.40.